The summed E-state index contributed by atoms with van der Waals surface area (Å²) in [6.45, 7) is 10.1. The number of likely N-dealkylation sites (tertiary alicyclic amines) is 1. The highest BCUT2D eigenvalue weighted by atomic mass is 16.5. The van der Waals surface area contributed by atoms with Crippen molar-refractivity contribution in [1.29, 1.82) is 0 Å². The largest absolute Gasteiger partial charge is 0.496 e. The van der Waals surface area contributed by atoms with Gasteiger partial charge in [0.1, 0.15) is 16.9 Å². The number of aromatic nitrogens is 2. The summed E-state index contributed by atoms with van der Waals surface area (Å²) in [6, 6.07) is 16.5. The topological polar surface area (TPSA) is 107 Å². The Balaban J connectivity index is 1.31. The van der Waals surface area contributed by atoms with Crippen LogP contribution in [0.3, 0.4) is 0 Å². The molecule has 9 heteroatoms. The lowest BCUT2D eigenvalue weighted by atomic mass is 9.87. The number of methoxy groups -OCH3 is 1. The molecule has 2 amide bonds. The summed E-state index contributed by atoms with van der Waals surface area (Å²) in [7, 11) is 1.69. The van der Waals surface area contributed by atoms with Crippen LogP contribution in [0.15, 0.2) is 54.7 Å². The minimum absolute atomic E-state index is 0.0262. The van der Waals surface area contributed by atoms with Crippen molar-refractivity contribution in [3.05, 3.63) is 77.3 Å². The molecular weight excluding hydrogens is 480 g/mol. The van der Waals surface area contributed by atoms with Crippen LogP contribution in [-0.4, -0.2) is 53.2 Å². The maximum absolute atomic E-state index is 12.3. The standard InChI is InChI=1S/C29H32N6O3/c1-31-19-29(35-18-24(26(30)36)27(33-35)32-28(37)22-9-10-22)12-14-34(15-13-29)17-20-8-11-23(25(16-20)38-2)21-6-4-3-5-7-21/h3-8,11,16,18,22H,9-10,12-15,17,19H2,2H3,(H2,30,36)(H,32,33,37). The number of ether oxygens (including phenoxy) is 1. The molecule has 1 aromatic heterocycles. The molecule has 3 N–H and O–H groups in total. The predicted molar refractivity (Wildman–Crippen MR) is 144 cm³/mol. The Morgan fingerprint density at radius 3 is 2.55 bits per heavy atom. The number of nitrogens with two attached hydrogens (primary N) is 1. The molecule has 0 bridgehead atoms. The number of rotatable bonds is 9. The number of nitrogens with zero attached hydrogens (tertiary/aromatic N) is 4. The van der Waals surface area contributed by atoms with Crippen LogP contribution in [0.25, 0.3) is 16.0 Å². The Morgan fingerprint density at radius 1 is 1.18 bits per heavy atom. The lowest BCUT2D eigenvalue weighted by Crippen LogP contribution is -2.48. The molecular formula is C29H32N6O3. The van der Waals surface area contributed by atoms with E-state index in [0.29, 0.717) is 12.8 Å². The molecule has 38 heavy (non-hydrogen) atoms. The van der Waals surface area contributed by atoms with E-state index in [1.165, 1.54) is 0 Å². The van der Waals surface area contributed by atoms with Crippen molar-refractivity contribution in [2.45, 2.75) is 37.8 Å². The molecule has 0 atom stereocenters. The zero-order chi connectivity index (χ0) is 26.7. The molecule has 2 heterocycles. The number of benzene rings is 2. The van der Waals surface area contributed by atoms with Crippen molar-refractivity contribution in [1.82, 2.24) is 14.7 Å². The van der Waals surface area contributed by atoms with Gasteiger partial charge in [0, 0.05) is 37.3 Å². The van der Waals surface area contributed by atoms with E-state index >= 15 is 0 Å². The lowest BCUT2D eigenvalue weighted by molar-refractivity contribution is -0.117. The van der Waals surface area contributed by atoms with E-state index in [0.717, 1.165) is 54.9 Å². The molecule has 1 aliphatic heterocycles. The third kappa shape index (κ3) is 5.27. The fourth-order valence-corrected chi connectivity index (χ4v) is 5.14. The molecule has 0 radical (unpaired) electrons. The molecule has 2 fully saturated rings. The van der Waals surface area contributed by atoms with Gasteiger partial charge in [-0.2, -0.15) is 5.10 Å². The van der Waals surface area contributed by atoms with E-state index in [4.69, 9.17) is 17.0 Å². The molecule has 2 aliphatic rings. The van der Waals surface area contributed by atoms with Crippen LogP contribution < -0.4 is 15.8 Å². The van der Waals surface area contributed by atoms with Gasteiger partial charge in [-0.05, 0) is 42.9 Å². The zero-order valence-corrected chi connectivity index (χ0v) is 21.5. The van der Waals surface area contributed by atoms with Gasteiger partial charge in [0.05, 0.1) is 7.11 Å². The summed E-state index contributed by atoms with van der Waals surface area (Å²) in [6.07, 6.45) is 4.65. The van der Waals surface area contributed by atoms with Crippen LogP contribution in [0.2, 0.25) is 0 Å². The van der Waals surface area contributed by atoms with E-state index in [-0.39, 0.29) is 29.8 Å². The first kappa shape index (κ1) is 25.5. The number of hydrogen-bond donors (Lipinski definition) is 2. The van der Waals surface area contributed by atoms with Gasteiger partial charge in [0.25, 0.3) is 5.91 Å². The summed E-state index contributed by atoms with van der Waals surface area (Å²) >= 11 is 0. The average molecular weight is 513 g/mol. The fourth-order valence-electron chi connectivity index (χ4n) is 5.14. The molecule has 9 nitrogen and oxygen atoms in total. The summed E-state index contributed by atoms with van der Waals surface area (Å²) in [5.41, 5.74) is 8.53. The van der Waals surface area contributed by atoms with Gasteiger partial charge in [-0.25, -0.2) is 6.57 Å². The first-order valence-corrected chi connectivity index (χ1v) is 12.9. The Hall–Kier alpha value is -4.16. The van der Waals surface area contributed by atoms with Gasteiger partial charge in [0.2, 0.25) is 12.5 Å². The quantitative estimate of drug-likeness (QED) is 0.423. The van der Waals surface area contributed by atoms with E-state index < -0.39 is 11.4 Å². The minimum atomic E-state index is -0.648. The van der Waals surface area contributed by atoms with Crippen molar-refractivity contribution in [2.75, 3.05) is 32.1 Å². The van der Waals surface area contributed by atoms with Crippen molar-refractivity contribution >= 4 is 17.6 Å². The monoisotopic (exact) mass is 512 g/mol. The van der Waals surface area contributed by atoms with Crippen LogP contribution in [0.5, 0.6) is 5.75 Å². The normalized spacial score (nSPS) is 16.9. The third-order valence-electron chi connectivity index (χ3n) is 7.57. The van der Waals surface area contributed by atoms with Gasteiger partial charge < -0.3 is 20.6 Å². The summed E-state index contributed by atoms with van der Waals surface area (Å²) in [5.74, 6) is 0.212. The van der Waals surface area contributed by atoms with Gasteiger partial charge in [-0.1, -0.05) is 42.5 Å². The smallest absolute Gasteiger partial charge is 0.254 e. The molecule has 3 aromatic rings. The van der Waals surface area contributed by atoms with Gasteiger partial charge in [-0.3, -0.25) is 19.2 Å². The van der Waals surface area contributed by atoms with Crippen molar-refractivity contribution in [3.63, 3.8) is 0 Å². The van der Waals surface area contributed by atoms with Crippen molar-refractivity contribution in [2.24, 2.45) is 11.7 Å². The van der Waals surface area contributed by atoms with E-state index in [9.17, 15) is 9.59 Å². The maximum Gasteiger partial charge on any atom is 0.254 e. The van der Waals surface area contributed by atoms with Crippen LogP contribution in [0, 0.1) is 12.5 Å². The van der Waals surface area contributed by atoms with Gasteiger partial charge in [-0.15, -0.1) is 0 Å². The Morgan fingerprint density at radius 2 is 1.92 bits per heavy atom. The number of hydrogen-bond acceptors (Lipinski definition) is 5. The number of anilines is 1. The lowest BCUT2D eigenvalue weighted by Gasteiger charge is -2.38. The van der Waals surface area contributed by atoms with Crippen LogP contribution >= 0.6 is 0 Å². The number of amides is 2. The fraction of sp³-hybridized carbons (Fsp3) is 0.379. The van der Waals surface area contributed by atoms with E-state index in [1.807, 2.05) is 18.2 Å². The highest BCUT2D eigenvalue weighted by Crippen LogP contribution is 2.35. The Kier molecular flexibility index (Phi) is 7.16. The summed E-state index contributed by atoms with van der Waals surface area (Å²) in [5, 5.41) is 7.34. The number of nitrogens with one attached hydrogen (secondary N) is 1. The van der Waals surface area contributed by atoms with Crippen LogP contribution in [0.4, 0.5) is 5.82 Å². The molecule has 2 aromatic carbocycles. The molecule has 0 spiro atoms. The predicted octanol–water partition coefficient (Wildman–Crippen LogP) is 3.92. The Labute approximate surface area is 222 Å². The summed E-state index contributed by atoms with van der Waals surface area (Å²) in [4.78, 5) is 30.5. The highest BCUT2D eigenvalue weighted by molar-refractivity contribution is 6.02. The molecule has 0 unspecified atom stereocenters. The molecule has 1 saturated carbocycles. The SMILES string of the molecule is [C-]#[N+]CC1(n2cc(C(N)=O)c(NC(=O)C3CC3)n2)CCN(Cc2ccc(-c3ccccc3)c(OC)c2)CC1. The maximum atomic E-state index is 12.3. The highest BCUT2D eigenvalue weighted by Gasteiger charge is 2.41. The van der Waals surface area contributed by atoms with E-state index in [2.05, 4.69) is 50.5 Å². The number of piperidine rings is 1. The average Bonchev–Trinajstić information content (AvgIpc) is 3.70. The van der Waals surface area contributed by atoms with Crippen molar-refractivity contribution in [3.8, 4) is 16.9 Å². The number of carbonyl (C=O) groups excluding carboxylic acids is 2. The first-order chi connectivity index (χ1) is 18.4. The van der Waals surface area contributed by atoms with Gasteiger partial charge >= 0.3 is 0 Å². The first-order valence-electron chi connectivity index (χ1n) is 12.9. The zero-order valence-electron chi connectivity index (χ0n) is 21.5. The third-order valence-corrected chi connectivity index (χ3v) is 7.57. The number of carbonyl (C=O) groups is 2. The minimum Gasteiger partial charge on any atom is -0.496 e. The number of primary amides is 1. The van der Waals surface area contributed by atoms with E-state index in [1.54, 1.807) is 18.0 Å². The summed E-state index contributed by atoms with van der Waals surface area (Å²) < 4.78 is 7.40. The second kappa shape index (κ2) is 10.7. The Bertz CT molecular complexity index is 1360. The second-order valence-corrected chi connectivity index (χ2v) is 10.2. The molecule has 196 valence electrons. The van der Waals surface area contributed by atoms with Crippen LogP contribution in [-0.2, 0) is 16.9 Å². The van der Waals surface area contributed by atoms with Gasteiger partial charge in [0.15, 0.2) is 5.82 Å². The molecule has 1 saturated heterocycles. The molecule has 1 aliphatic carbocycles. The van der Waals surface area contributed by atoms with Crippen molar-refractivity contribution < 1.29 is 14.3 Å². The second-order valence-electron chi connectivity index (χ2n) is 10.2. The molecule has 5 rings (SSSR count). The van der Waals surface area contributed by atoms with Crippen LogP contribution in [0.1, 0.15) is 41.6 Å².